The van der Waals surface area contributed by atoms with Gasteiger partial charge in [-0.25, -0.2) is 0 Å². The van der Waals surface area contributed by atoms with Crippen molar-refractivity contribution in [2.45, 2.75) is 6.04 Å². The molecule has 2 N–H and O–H groups in total. The summed E-state index contributed by atoms with van der Waals surface area (Å²) in [4.78, 5) is 11.3. The van der Waals surface area contributed by atoms with Gasteiger partial charge in [0.2, 0.25) is 0 Å². The Morgan fingerprint density at radius 3 is 2.17 bits per heavy atom. The van der Waals surface area contributed by atoms with Crippen LogP contribution in [-0.4, -0.2) is 27.3 Å². The minimum Gasteiger partial charge on any atom is -0.493 e. The zero-order valence-corrected chi connectivity index (χ0v) is 11.8. The molecule has 0 fully saturated rings. The summed E-state index contributed by atoms with van der Waals surface area (Å²) in [5.41, 5.74) is 6.14. The molecule has 5 nitrogen and oxygen atoms in total. The van der Waals surface area contributed by atoms with Crippen LogP contribution in [0.1, 0.15) is 11.6 Å². The van der Waals surface area contributed by atoms with Crippen molar-refractivity contribution in [3.63, 3.8) is 0 Å². The number of benzene rings is 1. The van der Waals surface area contributed by atoms with Crippen LogP contribution in [0.2, 0.25) is 5.02 Å². The molecule has 0 aliphatic rings. The molecule has 102 valence electrons. The summed E-state index contributed by atoms with van der Waals surface area (Å²) in [5, 5.41) is 0.320. The number of halogens is 2. The lowest BCUT2D eigenvalue weighted by molar-refractivity contribution is -0.142. The van der Waals surface area contributed by atoms with Gasteiger partial charge in [-0.1, -0.05) is 11.6 Å². The Bertz CT molecular complexity index is 426. The molecular weight excluding hydrogens is 281 g/mol. The molecule has 0 amide bonds. The van der Waals surface area contributed by atoms with Crippen LogP contribution in [0.4, 0.5) is 0 Å². The zero-order valence-electron chi connectivity index (χ0n) is 10.2. The number of esters is 1. The Morgan fingerprint density at radius 2 is 1.72 bits per heavy atom. The van der Waals surface area contributed by atoms with E-state index < -0.39 is 12.0 Å². The monoisotopic (exact) mass is 295 g/mol. The van der Waals surface area contributed by atoms with Gasteiger partial charge in [0.1, 0.15) is 6.04 Å². The predicted molar refractivity (Wildman–Crippen MR) is 70.7 cm³/mol. The summed E-state index contributed by atoms with van der Waals surface area (Å²) in [6.45, 7) is 0. The van der Waals surface area contributed by atoms with Crippen LogP contribution in [0.15, 0.2) is 12.1 Å². The van der Waals surface area contributed by atoms with Crippen molar-refractivity contribution in [1.82, 2.24) is 0 Å². The third kappa shape index (κ3) is 3.41. The van der Waals surface area contributed by atoms with Gasteiger partial charge in [-0.2, -0.15) is 0 Å². The standard InChI is InChI=1S/C11H14ClNO4.ClH/c1-15-8-4-6(10(13)11(14)17-3)7(12)5-9(8)16-2;/h4-5,10H,13H2,1-3H3;1H. The van der Waals surface area contributed by atoms with Gasteiger partial charge in [0.25, 0.3) is 0 Å². The van der Waals surface area contributed by atoms with Gasteiger partial charge in [0, 0.05) is 16.7 Å². The van der Waals surface area contributed by atoms with E-state index in [0.29, 0.717) is 22.1 Å². The van der Waals surface area contributed by atoms with Gasteiger partial charge in [0.05, 0.1) is 21.3 Å². The first-order valence-corrected chi connectivity index (χ1v) is 5.17. The van der Waals surface area contributed by atoms with Gasteiger partial charge >= 0.3 is 5.97 Å². The van der Waals surface area contributed by atoms with Gasteiger partial charge in [0.15, 0.2) is 11.5 Å². The number of carbonyl (C=O) groups is 1. The first-order chi connectivity index (χ1) is 8.04. The fraction of sp³-hybridized carbons (Fsp3) is 0.364. The second kappa shape index (κ2) is 7.31. The molecule has 18 heavy (non-hydrogen) atoms. The highest BCUT2D eigenvalue weighted by atomic mass is 35.5. The second-order valence-electron chi connectivity index (χ2n) is 3.23. The molecule has 7 heteroatoms. The highest BCUT2D eigenvalue weighted by Crippen LogP contribution is 2.35. The maximum Gasteiger partial charge on any atom is 0.327 e. The number of ether oxygens (including phenoxy) is 3. The van der Waals surface area contributed by atoms with E-state index in [0.717, 1.165) is 0 Å². The lowest BCUT2D eigenvalue weighted by atomic mass is 10.1. The average Bonchev–Trinajstić information content (AvgIpc) is 2.36. The molecule has 0 saturated heterocycles. The zero-order chi connectivity index (χ0) is 13.0. The normalized spacial score (nSPS) is 11.2. The lowest BCUT2D eigenvalue weighted by Gasteiger charge is -2.15. The van der Waals surface area contributed by atoms with Crippen molar-refractivity contribution in [3.8, 4) is 11.5 Å². The van der Waals surface area contributed by atoms with E-state index in [1.54, 1.807) is 12.1 Å². The first-order valence-electron chi connectivity index (χ1n) is 4.80. The molecule has 0 aliphatic carbocycles. The van der Waals surface area contributed by atoms with Crippen LogP contribution in [-0.2, 0) is 9.53 Å². The molecule has 1 rings (SSSR count). The number of rotatable bonds is 4. The van der Waals surface area contributed by atoms with Crippen LogP contribution in [0.3, 0.4) is 0 Å². The Kier molecular flexibility index (Phi) is 6.83. The number of nitrogens with two attached hydrogens (primary N) is 1. The van der Waals surface area contributed by atoms with E-state index in [1.807, 2.05) is 0 Å². The lowest BCUT2D eigenvalue weighted by Crippen LogP contribution is -2.23. The molecule has 0 spiro atoms. The summed E-state index contributed by atoms with van der Waals surface area (Å²) in [5.74, 6) is 0.351. The van der Waals surface area contributed by atoms with Crippen molar-refractivity contribution in [2.75, 3.05) is 21.3 Å². The van der Waals surface area contributed by atoms with Crippen molar-refractivity contribution in [3.05, 3.63) is 22.7 Å². The molecule has 1 unspecified atom stereocenters. The molecule has 1 aromatic carbocycles. The Balaban J connectivity index is 0.00000289. The Morgan fingerprint density at radius 1 is 1.22 bits per heavy atom. The van der Waals surface area contributed by atoms with Gasteiger partial charge in [-0.05, 0) is 6.07 Å². The van der Waals surface area contributed by atoms with Crippen LogP contribution in [0, 0.1) is 0 Å². The summed E-state index contributed by atoms with van der Waals surface area (Å²) < 4.78 is 14.7. The topological polar surface area (TPSA) is 70.8 Å². The first kappa shape index (κ1) is 16.8. The number of hydrogen-bond donors (Lipinski definition) is 1. The van der Waals surface area contributed by atoms with Crippen molar-refractivity contribution in [2.24, 2.45) is 5.73 Å². The van der Waals surface area contributed by atoms with Crippen molar-refractivity contribution in [1.29, 1.82) is 0 Å². The Labute approximate surface area is 117 Å². The summed E-state index contributed by atoms with van der Waals surface area (Å²) >= 11 is 6.01. The fourth-order valence-electron chi connectivity index (χ4n) is 1.36. The van der Waals surface area contributed by atoms with Crippen LogP contribution < -0.4 is 15.2 Å². The highest BCUT2D eigenvalue weighted by molar-refractivity contribution is 6.31. The van der Waals surface area contributed by atoms with Crippen LogP contribution in [0.25, 0.3) is 0 Å². The summed E-state index contributed by atoms with van der Waals surface area (Å²) in [6.07, 6.45) is 0. The minimum absolute atomic E-state index is 0. The van der Waals surface area contributed by atoms with Crippen LogP contribution >= 0.6 is 24.0 Å². The van der Waals surface area contributed by atoms with Crippen molar-refractivity contribution >= 4 is 30.0 Å². The molecule has 0 aliphatic heterocycles. The largest absolute Gasteiger partial charge is 0.493 e. The van der Waals surface area contributed by atoms with Gasteiger partial charge < -0.3 is 19.9 Å². The third-order valence-corrected chi connectivity index (χ3v) is 2.62. The fourth-order valence-corrected chi connectivity index (χ4v) is 1.63. The maximum atomic E-state index is 11.3. The van der Waals surface area contributed by atoms with E-state index in [-0.39, 0.29) is 12.4 Å². The Hall–Kier alpha value is -1.17. The highest BCUT2D eigenvalue weighted by Gasteiger charge is 2.21. The average molecular weight is 296 g/mol. The molecule has 1 aromatic rings. The summed E-state index contributed by atoms with van der Waals surface area (Å²) in [6, 6.07) is 2.15. The van der Waals surface area contributed by atoms with Crippen molar-refractivity contribution < 1.29 is 19.0 Å². The van der Waals surface area contributed by atoms with Gasteiger partial charge in [-0.15, -0.1) is 12.4 Å². The number of hydrogen-bond acceptors (Lipinski definition) is 5. The number of carbonyl (C=O) groups excluding carboxylic acids is 1. The van der Waals surface area contributed by atoms with E-state index in [1.165, 1.54) is 21.3 Å². The molecule has 0 saturated carbocycles. The minimum atomic E-state index is -0.952. The quantitative estimate of drug-likeness (QED) is 0.860. The third-order valence-electron chi connectivity index (χ3n) is 2.29. The van der Waals surface area contributed by atoms with E-state index in [9.17, 15) is 4.79 Å². The maximum absolute atomic E-state index is 11.3. The number of methoxy groups -OCH3 is 3. The van der Waals surface area contributed by atoms with E-state index >= 15 is 0 Å². The second-order valence-corrected chi connectivity index (χ2v) is 3.64. The smallest absolute Gasteiger partial charge is 0.327 e. The van der Waals surface area contributed by atoms with Crippen LogP contribution in [0.5, 0.6) is 11.5 Å². The molecule has 0 bridgehead atoms. The molecule has 0 aromatic heterocycles. The molecule has 0 heterocycles. The van der Waals surface area contributed by atoms with E-state index in [2.05, 4.69) is 4.74 Å². The van der Waals surface area contributed by atoms with E-state index in [4.69, 9.17) is 26.8 Å². The SMILES string of the molecule is COC(=O)C(N)c1cc(OC)c(OC)cc1Cl.Cl. The summed E-state index contributed by atoms with van der Waals surface area (Å²) in [7, 11) is 4.24. The molecule has 0 radical (unpaired) electrons. The molecular formula is C11H15Cl2NO4. The van der Waals surface area contributed by atoms with Gasteiger partial charge in [-0.3, -0.25) is 4.79 Å². The predicted octanol–water partition coefficient (Wildman–Crippen LogP) is 1.95. The molecule has 1 atom stereocenters.